The zero-order chi connectivity index (χ0) is 20.5. The van der Waals surface area contributed by atoms with Crippen LogP contribution in [0.1, 0.15) is 18.5 Å². The summed E-state index contributed by atoms with van der Waals surface area (Å²) in [5.74, 6) is -0.948. The molecule has 3 rings (SSSR count). The van der Waals surface area contributed by atoms with Crippen LogP contribution in [0.25, 0.3) is 10.9 Å². The van der Waals surface area contributed by atoms with E-state index >= 15 is 0 Å². The second-order valence-corrected chi connectivity index (χ2v) is 9.23. The zero-order valence-electron chi connectivity index (χ0n) is 14.9. The molecule has 3 aromatic rings. The molecular formula is C19H18BrClN2O4S. The van der Waals surface area contributed by atoms with Crippen molar-refractivity contribution in [2.24, 2.45) is 0 Å². The number of hydrogen-bond donors (Lipinski definition) is 2. The maximum atomic E-state index is 12.4. The molecule has 1 aromatic heterocycles. The molecular weight excluding hydrogens is 468 g/mol. The normalized spacial score (nSPS) is 13.0. The Morgan fingerprint density at radius 3 is 2.50 bits per heavy atom. The van der Waals surface area contributed by atoms with E-state index < -0.39 is 22.0 Å². The van der Waals surface area contributed by atoms with Crippen molar-refractivity contribution < 1.29 is 18.3 Å². The molecule has 28 heavy (non-hydrogen) atoms. The van der Waals surface area contributed by atoms with E-state index in [0.29, 0.717) is 16.0 Å². The van der Waals surface area contributed by atoms with Crippen molar-refractivity contribution in [2.75, 3.05) is 6.54 Å². The van der Waals surface area contributed by atoms with Crippen molar-refractivity contribution in [3.8, 4) is 0 Å². The van der Waals surface area contributed by atoms with Gasteiger partial charge in [-0.15, -0.1) is 0 Å². The van der Waals surface area contributed by atoms with Crippen molar-refractivity contribution in [1.82, 2.24) is 9.29 Å². The van der Waals surface area contributed by atoms with E-state index in [9.17, 15) is 18.3 Å². The summed E-state index contributed by atoms with van der Waals surface area (Å²) in [5.41, 5.74) is 1.63. The second-order valence-electron chi connectivity index (χ2n) is 6.27. The first-order valence-corrected chi connectivity index (χ1v) is 11.1. The monoisotopic (exact) mass is 484 g/mol. The maximum Gasteiger partial charge on any atom is 0.326 e. The van der Waals surface area contributed by atoms with E-state index in [1.165, 1.54) is 24.3 Å². The molecule has 0 amide bonds. The summed E-state index contributed by atoms with van der Waals surface area (Å²) < 4.78 is 29.8. The summed E-state index contributed by atoms with van der Waals surface area (Å²) in [7, 11) is -3.66. The summed E-state index contributed by atoms with van der Waals surface area (Å²) in [4.78, 5) is 11.6. The van der Waals surface area contributed by atoms with Crippen LogP contribution in [0.15, 0.2) is 58.0 Å². The van der Waals surface area contributed by atoms with Crippen LogP contribution in [-0.4, -0.2) is 30.6 Å². The number of carbonyl (C=O) groups is 1. The fourth-order valence-electron chi connectivity index (χ4n) is 3.04. The molecule has 9 heteroatoms. The Morgan fingerprint density at radius 1 is 1.21 bits per heavy atom. The number of hydrogen-bond acceptors (Lipinski definition) is 3. The molecule has 0 bridgehead atoms. The van der Waals surface area contributed by atoms with E-state index in [-0.39, 0.29) is 11.4 Å². The fraction of sp³-hybridized carbons (Fsp3) is 0.211. The standard InChI is InChI=1S/C19H18BrClN2O4S/c1-12(19(24)25)23-17-5-3-2-4-15(17)16(18(23)20)10-11-22-28(26,27)14-8-6-13(21)7-9-14/h2-9,12,22H,10-11H2,1H3,(H,24,25). The molecule has 6 nitrogen and oxygen atoms in total. The van der Waals surface area contributed by atoms with E-state index in [1.807, 2.05) is 24.3 Å². The molecule has 0 aliphatic rings. The number of nitrogens with zero attached hydrogens (tertiary/aromatic N) is 1. The molecule has 1 unspecified atom stereocenters. The number of carboxylic acids is 1. The van der Waals surface area contributed by atoms with Crippen LogP contribution in [0.2, 0.25) is 5.02 Å². The first-order valence-electron chi connectivity index (χ1n) is 8.47. The van der Waals surface area contributed by atoms with Crippen LogP contribution in [0, 0.1) is 0 Å². The number of benzene rings is 2. The highest BCUT2D eigenvalue weighted by Crippen LogP contribution is 2.33. The van der Waals surface area contributed by atoms with Gasteiger partial charge >= 0.3 is 5.97 Å². The van der Waals surface area contributed by atoms with Gasteiger partial charge in [0.15, 0.2) is 0 Å². The summed E-state index contributed by atoms with van der Waals surface area (Å²) in [6.07, 6.45) is 0.396. The average Bonchev–Trinajstić information content (AvgIpc) is 2.93. The van der Waals surface area contributed by atoms with E-state index in [1.54, 1.807) is 11.5 Å². The first kappa shape index (κ1) is 20.9. The van der Waals surface area contributed by atoms with Gasteiger partial charge in [-0.05, 0) is 65.2 Å². The van der Waals surface area contributed by atoms with E-state index in [4.69, 9.17) is 11.6 Å². The third kappa shape index (κ3) is 4.10. The fourth-order valence-corrected chi connectivity index (χ4v) is 5.10. The molecule has 0 aliphatic heterocycles. The number of carboxylic acid groups (broad SMARTS) is 1. The third-order valence-electron chi connectivity index (χ3n) is 4.48. The second kappa shape index (κ2) is 8.24. The number of nitrogens with one attached hydrogen (secondary N) is 1. The predicted octanol–water partition coefficient (Wildman–Crippen LogP) is 4.22. The largest absolute Gasteiger partial charge is 0.480 e. The smallest absolute Gasteiger partial charge is 0.326 e. The zero-order valence-corrected chi connectivity index (χ0v) is 18.1. The molecule has 2 N–H and O–H groups in total. The van der Waals surface area contributed by atoms with Crippen LogP contribution in [0.4, 0.5) is 0 Å². The van der Waals surface area contributed by atoms with E-state index in [0.717, 1.165) is 16.5 Å². The van der Waals surface area contributed by atoms with Crippen LogP contribution in [0.3, 0.4) is 0 Å². The van der Waals surface area contributed by atoms with E-state index in [2.05, 4.69) is 20.7 Å². The van der Waals surface area contributed by atoms with Gasteiger partial charge in [0, 0.05) is 17.0 Å². The Bertz CT molecular complexity index is 1130. The van der Waals surface area contributed by atoms with Crippen molar-refractivity contribution in [1.29, 1.82) is 0 Å². The molecule has 0 saturated heterocycles. The third-order valence-corrected chi connectivity index (χ3v) is 7.07. The number of halogens is 2. The molecule has 0 fully saturated rings. The van der Waals surface area contributed by atoms with Crippen molar-refractivity contribution >= 4 is 54.4 Å². The molecule has 1 atom stereocenters. The maximum absolute atomic E-state index is 12.4. The highest BCUT2D eigenvalue weighted by atomic mass is 79.9. The van der Waals surface area contributed by atoms with Crippen molar-refractivity contribution in [3.05, 3.63) is 63.7 Å². The Kier molecular flexibility index (Phi) is 6.14. The van der Waals surface area contributed by atoms with Crippen molar-refractivity contribution in [3.63, 3.8) is 0 Å². The molecule has 0 radical (unpaired) electrons. The molecule has 2 aromatic carbocycles. The van der Waals surface area contributed by atoms with Crippen LogP contribution < -0.4 is 4.72 Å². The van der Waals surface area contributed by atoms with Gasteiger partial charge < -0.3 is 9.67 Å². The number of rotatable bonds is 7. The Labute approximate surface area is 176 Å². The van der Waals surface area contributed by atoms with Gasteiger partial charge in [0.2, 0.25) is 10.0 Å². The van der Waals surface area contributed by atoms with Crippen LogP contribution >= 0.6 is 27.5 Å². The molecule has 0 aliphatic carbocycles. The highest BCUT2D eigenvalue weighted by molar-refractivity contribution is 9.10. The lowest BCUT2D eigenvalue weighted by molar-refractivity contribution is -0.140. The Morgan fingerprint density at radius 2 is 1.86 bits per heavy atom. The number of fused-ring (bicyclic) bond motifs is 1. The highest BCUT2D eigenvalue weighted by Gasteiger charge is 2.23. The molecule has 148 valence electrons. The van der Waals surface area contributed by atoms with Crippen LogP contribution in [-0.2, 0) is 21.2 Å². The molecule has 1 heterocycles. The summed E-state index contributed by atoms with van der Waals surface area (Å²) in [5, 5.41) is 10.8. The van der Waals surface area contributed by atoms with Crippen molar-refractivity contribution in [2.45, 2.75) is 24.3 Å². The minimum atomic E-state index is -3.66. The molecule has 0 saturated carbocycles. The quantitative estimate of drug-likeness (QED) is 0.524. The minimum Gasteiger partial charge on any atom is -0.480 e. The summed E-state index contributed by atoms with van der Waals surface area (Å²) >= 11 is 9.31. The summed E-state index contributed by atoms with van der Waals surface area (Å²) in [6, 6.07) is 12.6. The number of para-hydroxylation sites is 1. The lowest BCUT2D eigenvalue weighted by atomic mass is 10.1. The summed E-state index contributed by atoms with van der Waals surface area (Å²) in [6.45, 7) is 1.77. The lowest BCUT2D eigenvalue weighted by Crippen LogP contribution is -2.26. The first-order chi connectivity index (χ1) is 13.2. The average molecular weight is 486 g/mol. The van der Waals surface area contributed by atoms with Gasteiger partial charge in [0.25, 0.3) is 0 Å². The molecule has 0 spiro atoms. The Hall–Kier alpha value is -1.87. The number of aliphatic carboxylic acids is 1. The van der Waals surface area contributed by atoms with Gasteiger partial charge in [-0.2, -0.15) is 0 Å². The van der Waals surface area contributed by atoms with Gasteiger partial charge in [-0.1, -0.05) is 29.8 Å². The van der Waals surface area contributed by atoms with Gasteiger partial charge in [-0.25, -0.2) is 17.9 Å². The lowest BCUT2D eigenvalue weighted by Gasteiger charge is -2.12. The topological polar surface area (TPSA) is 88.4 Å². The number of sulfonamides is 1. The van der Waals surface area contributed by atoms with Gasteiger partial charge in [0.1, 0.15) is 6.04 Å². The predicted molar refractivity (Wildman–Crippen MR) is 112 cm³/mol. The van der Waals surface area contributed by atoms with Crippen LogP contribution in [0.5, 0.6) is 0 Å². The number of aromatic nitrogens is 1. The van der Waals surface area contributed by atoms with Gasteiger partial charge in [-0.3, -0.25) is 0 Å². The van der Waals surface area contributed by atoms with Gasteiger partial charge in [0.05, 0.1) is 15.0 Å². The minimum absolute atomic E-state index is 0.137. The Balaban J connectivity index is 1.86. The SMILES string of the molecule is CC(C(=O)O)n1c(Br)c(CCNS(=O)(=O)c2ccc(Cl)cc2)c2ccccc21.